The van der Waals surface area contributed by atoms with Crippen LogP contribution in [0.5, 0.6) is 0 Å². The van der Waals surface area contributed by atoms with Gasteiger partial charge in [-0.1, -0.05) is 0 Å². The summed E-state index contributed by atoms with van der Waals surface area (Å²) in [5.74, 6) is -1.94. The van der Waals surface area contributed by atoms with Crippen LogP contribution in [0.4, 0.5) is 13.2 Å². The lowest BCUT2D eigenvalue weighted by Crippen LogP contribution is -2.61. The molecule has 0 aromatic rings. The molecule has 2 atom stereocenters. The van der Waals surface area contributed by atoms with Crippen LogP contribution in [0.3, 0.4) is 0 Å². The van der Waals surface area contributed by atoms with E-state index in [-0.39, 0.29) is 13.1 Å². The number of carboxylic acid groups (broad SMARTS) is 1. The maximum Gasteiger partial charge on any atom is 0.405 e. The lowest BCUT2D eigenvalue weighted by molar-refractivity contribution is -0.149. The van der Waals surface area contributed by atoms with Gasteiger partial charge >= 0.3 is 12.1 Å². The fraction of sp³-hybridized carbons (Fsp3) is 0.800. The standard InChI is InChI=1S/C10H16F3N3O3/c1-6(8(17)15-5-10(11,12)13)16-3-2-14-4-7(16)9(18)19/h6-7,14H,2-5H2,1H3,(H,15,17)(H,18,19). The van der Waals surface area contributed by atoms with Gasteiger partial charge in [-0.15, -0.1) is 0 Å². The zero-order chi connectivity index (χ0) is 14.6. The Morgan fingerprint density at radius 2 is 2.16 bits per heavy atom. The van der Waals surface area contributed by atoms with Gasteiger partial charge in [0, 0.05) is 19.6 Å². The molecule has 1 heterocycles. The van der Waals surface area contributed by atoms with E-state index in [1.807, 2.05) is 0 Å². The molecule has 19 heavy (non-hydrogen) atoms. The lowest BCUT2D eigenvalue weighted by Gasteiger charge is -2.37. The molecule has 0 bridgehead atoms. The minimum Gasteiger partial charge on any atom is -0.480 e. The molecule has 3 N–H and O–H groups in total. The number of carbonyl (C=O) groups excluding carboxylic acids is 1. The summed E-state index contributed by atoms with van der Waals surface area (Å²) in [6.07, 6.45) is -4.48. The van der Waals surface area contributed by atoms with Crippen LogP contribution in [0, 0.1) is 0 Å². The van der Waals surface area contributed by atoms with E-state index >= 15 is 0 Å². The maximum absolute atomic E-state index is 12.0. The highest BCUT2D eigenvalue weighted by molar-refractivity contribution is 5.83. The average molecular weight is 283 g/mol. The predicted molar refractivity (Wildman–Crippen MR) is 59.5 cm³/mol. The highest BCUT2D eigenvalue weighted by Crippen LogP contribution is 2.13. The molecule has 1 aliphatic heterocycles. The number of aliphatic carboxylic acids is 1. The van der Waals surface area contributed by atoms with Gasteiger partial charge in [0.25, 0.3) is 0 Å². The summed E-state index contributed by atoms with van der Waals surface area (Å²) in [6, 6.07) is -1.84. The van der Waals surface area contributed by atoms with E-state index in [1.165, 1.54) is 11.8 Å². The summed E-state index contributed by atoms with van der Waals surface area (Å²) >= 11 is 0. The van der Waals surface area contributed by atoms with Crippen molar-refractivity contribution in [2.24, 2.45) is 0 Å². The first-order valence-electron chi connectivity index (χ1n) is 5.76. The fourth-order valence-electron chi connectivity index (χ4n) is 1.90. The summed E-state index contributed by atoms with van der Waals surface area (Å²) in [5.41, 5.74) is 0. The van der Waals surface area contributed by atoms with Crippen molar-refractivity contribution < 1.29 is 27.9 Å². The molecular weight excluding hydrogens is 267 g/mol. The summed E-state index contributed by atoms with van der Waals surface area (Å²) < 4.78 is 36.0. The van der Waals surface area contributed by atoms with Crippen LogP contribution in [0.25, 0.3) is 0 Å². The highest BCUT2D eigenvalue weighted by Gasteiger charge is 2.36. The number of piperazine rings is 1. The van der Waals surface area contributed by atoms with Crippen LogP contribution in [0.15, 0.2) is 0 Å². The van der Waals surface area contributed by atoms with Gasteiger partial charge < -0.3 is 15.7 Å². The van der Waals surface area contributed by atoms with E-state index in [0.29, 0.717) is 6.54 Å². The molecule has 110 valence electrons. The normalized spacial score (nSPS) is 22.8. The van der Waals surface area contributed by atoms with Gasteiger partial charge in [-0.3, -0.25) is 14.5 Å². The third-order valence-corrected chi connectivity index (χ3v) is 2.91. The van der Waals surface area contributed by atoms with Gasteiger partial charge in [-0.05, 0) is 6.92 Å². The molecule has 9 heteroatoms. The van der Waals surface area contributed by atoms with Crippen LogP contribution in [-0.2, 0) is 9.59 Å². The lowest BCUT2D eigenvalue weighted by atomic mass is 10.1. The Kier molecular flexibility index (Phi) is 5.12. The van der Waals surface area contributed by atoms with Gasteiger partial charge in [0.2, 0.25) is 5.91 Å². The van der Waals surface area contributed by atoms with Gasteiger partial charge in [-0.25, -0.2) is 0 Å². The number of hydrogen-bond acceptors (Lipinski definition) is 4. The molecule has 1 saturated heterocycles. The number of alkyl halides is 3. The number of halogens is 3. The van der Waals surface area contributed by atoms with Crippen molar-refractivity contribution in [2.75, 3.05) is 26.2 Å². The van der Waals surface area contributed by atoms with Crippen LogP contribution >= 0.6 is 0 Å². The molecule has 0 aromatic heterocycles. The monoisotopic (exact) mass is 283 g/mol. The van der Waals surface area contributed by atoms with Crippen molar-refractivity contribution in [3.05, 3.63) is 0 Å². The number of carboxylic acids is 1. The van der Waals surface area contributed by atoms with Crippen molar-refractivity contribution in [3.63, 3.8) is 0 Å². The minimum atomic E-state index is -4.48. The average Bonchev–Trinajstić information content (AvgIpc) is 2.34. The predicted octanol–water partition coefficient (Wildman–Crippen LogP) is -0.588. The Balaban J connectivity index is 2.61. The summed E-state index contributed by atoms with van der Waals surface area (Å²) in [6.45, 7) is 0.914. The topological polar surface area (TPSA) is 81.7 Å². The van der Waals surface area contributed by atoms with Gasteiger partial charge in [0.15, 0.2) is 0 Å². The van der Waals surface area contributed by atoms with Crippen molar-refractivity contribution in [1.29, 1.82) is 0 Å². The molecule has 0 saturated carbocycles. The zero-order valence-corrected chi connectivity index (χ0v) is 10.3. The van der Waals surface area contributed by atoms with Crippen molar-refractivity contribution in [1.82, 2.24) is 15.5 Å². The summed E-state index contributed by atoms with van der Waals surface area (Å²) in [5, 5.41) is 13.6. The molecule has 6 nitrogen and oxygen atoms in total. The summed E-state index contributed by atoms with van der Waals surface area (Å²) in [4.78, 5) is 24.0. The molecule has 1 amide bonds. The fourth-order valence-corrected chi connectivity index (χ4v) is 1.90. The molecule has 1 aliphatic rings. The van der Waals surface area contributed by atoms with Crippen molar-refractivity contribution in [2.45, 2.75) is 25.2 Å². The van der Waals surface area contributed by atoms with Gasteiger partial charge in [-0.2, -0.15) is 13.2 Å². The Labute approximate surface area is 107 Å². The number of hydrogen-bond donors (Lipinski definition) is 3. The van der Waals surface area contributed by atoms with Crippen molar-refractivity contribution in [3.8, 4) is 0 Å². The molecule has 2 unspecified atom stereocenters. The first-order valence-corrected chi connectivity index (χ1v) is 5.76. The van der Waals surface area contributed by atoms with E-state index < -0.39 is 36.7 Å². The number of rotatable bonds is 4. The van der Waals surface area contributed by atoms with Gasteiger partial charge in [0.05, 0.1) is 6.04 Å². The molecule has 0 spiro atoms. The molecule has 1 fully saturated rings. The second kappa shape index (κ2) is 6.20. The van der Waals surface area contributed by atoms with Crippen LogP contribution in [0.1, 0.15) is 6.92 Å². The van der Waals surface area contributed by atoms with Crippen LogP contribution in [0.2, 0.25) is 0 Å². The number of nitrogens with zero attached hydrogens (tertiary/aromatic N) is 1. The third-order valence-electron chi connectivity index (χ3n) is 2.91. The summed E-state index contributed by atoms with van der Waals surface area (Å²) in [7, 11) is 0. The maximum atomic E-state index is 12.0. The molecule has 1 rings (SSSR count). The van der Waals surface area contributed by atoms with E-state index in [1.54, 1.807) is 5.32 Å². The van der Waals surface area contributed by atoms with Crippen molar-refractivity contribution >= 4 is 11.9 Å². The largest absolute Gasteiger partial charge is 0.480 e. The first kappa shape index (κ1) is 15.7. The second-order valence-electron chi connectivity index (χ2n) is 4.30. The van der Waals surface area contributed by atoms with E-state index in [2.05, 4.69) is 5.32 Å². The highest BCUT2D eigenvalue weighted by atomic mass is 19.4. The van der Waals surface area contributed by atoms with Gasteiger partial charge in [0.1, 0.15) is 12.6 Å². The number of amides is 1. The Morgan fingerprint density at radius 1 is 1.53 bits per heavy atom. The van der Waals surface area contributed by atoms with Crippen LogP contribution in [-0.4, -0.2) is 66.3 Å². The van der Waals surface area contributed by atoms with E-state index in [9.17, 15) is 22.8 Å². The third kappa shape index (κ3) is 4.67. The minimum absolute atomic E-state index is 0.159. The smallest absolute Gasteiger partial charge is 0.405 e. The van der Waals surface area contributed by atoms with E-state index in [4.69, 9.17) is 5.11 Å². The first-order chi connectivity index (χ1) is 8.72. The number of carbonyl (C=O) groups is 2. The molecular formula is C10H16F3N3O3. The molecule has 0 aromatic carbocycles. The van der Waals surface area contributed by atoms with Crippen LogP contribution < -0.4 is 10.6 Å². The molecule has 0 radical (unpaired) electrons. The SMILES string of the molecule is CC(C(=O)NCC(F)(F)F)N1CCNCC1C(=O)O. The molecule has 0 aliphatic carbocycles. The quantitative estimate of drug-likeness (QED) is 0.642. The Hall–Kier alpha value is -1.35. The number of nitrogens with one attached hydrogen (secondary N) is 2. The second-order valence-corrected chi connectivity index (χ2v) is 4.30. The van der Waals surface area contributed by atoms with E-state index in [0.717, 1.165) is 0 Å². The zero-order valence-electron chi connectivity index (χ0n) is 10.3. The Bertz CT molecular complexity index is 349. The Morgan fingerprint density at radius 3 is 2.68 bits per heavy atom.